The number of ether oxygens (including phenoxy) is 9. The smallest absolute Gasteiger partial charge is 0.493 e. The summed E-state index contributed by atoms with van der Waals surface area (Å²) in [5, 5.41) is 22.1. The van der Waals surface area contributed by atoms with Crippen molar-refractivity contribution >= 4 is 13.8 Å². The van der Waals surface area contributed by atoms with Gasteiger partial charge in [0.25, 0.3) is 0 Å². The zero-order valence-corrected chi connectivity index (χ0v) is 25.4. The van der Waals surface area contributed by atoms with E-state index in [1.54, 1.807) is 6.92 Å². The number of aliphatic hydroxyl groups excluding tert-OH is 2. The summed E-state index contributed by atoms with van der Waals surface area (Å²) in [6.45, 7) is -1.66. The second-order valence-electron chi connectivity index (χ2n) is 10.9. The van der Waals surface area contributed by atoms with E-state index in [4.69, 9.17) is 49.9 Å². The van der Waals surface area contributed by atoms with Crippen molar-refractivity contribution in [2.45, 2.75) is 55.9 Å². The van der Waals surface area contributed by atoms with Gasteiger partial charge in [-0.05, 0) is 47.9 Å². The molecule has 5 aliphatic rings. The number of hydrogen-bond donors (Lipinski definition) is 4. The van der Waals surface area contributed by atoms with E-state index in [1.807, 2.05) is 0 Å². The standard InChI is InChI=1S/C29H33O16P/c1-11-38-9-20-27(42-11)23(30)24(31)29(43-20)44-25-14-7-17-16(40-10-41-17)6-13(14)21(22-15(25)8-39-28(22)32)12-4-18(36-2)26(19(5-12)37-3)45-46(33,34)35/h4-7,11,15,20-25,27,29-31H,8-10H2,1-3H3,(H2,33,34,35)/t11-,15+,20-,21-,22+,23-,24-,25-,27-,29+/m1/s1/i8D2,21D,22D. The molecule has 0 bridgehead atoms. The van der Waals surface area contributed by atoms with Gasteiger partial charge in [-0.15, -0.1) is 0 Å². The number of phosphoric acid groups is 1. The highest BCUT2D eigenvalue weighted by Crippen LogP contribution is 2.57. The first-order valence-corrected chi connectivity index (χ1v) is 15.6. The van der Waals surface area contributed by atoms with Crippen LogP contribution in [0.2, 0.25) is 0 Å². The molecular formula is C29H33O16P. The summed E-state index contributed by atoms with van der Waals surface area (Å²) in [5.41, 5.74) is -0.373. The van der Waals surface area contributed by atoms with Crippen LogP contribution in [0.3, 0.4) is 0 Å². The highest BCUT2D eigenvalue weighted by atomic mass is 31.2. The van der Waals surface area contributed by atoms with Gasteiger partial charge in [-0.25, -0.2) is 4.57 Å². The van der Waals surface area contributed by atoms with Crippen molar-refractivity contribution in [2.24, 2.45) is 11.8 Å². The first-order valence-electron chi connectivity index (χ1n) is 16.1. The van der Waals surface area contributed by atoms with Crippen LogP contribution in [0.15, 0.2) is 24.3 Å². The van der Waals surface area contributed by atoms with Gasteiger partial charge in [0.05, 0.1) is 42.1 Å². The Morgan fingerprint density at radius 2 is 1.65 bits per heavy atom. The topological polar surface area (TPSA) is 207 Å². The molecule has 4 aliphatic heterocycles. The Morgan fingerprint density at radius 3 is 2.30 bits per heavy atom. The van der Waals surface area contributed by atoms with Gasteiger partial charge in [0.1, 0.15) is 24.4 Å². The Kier molecular flexibility index (Phi) is 6.89. The number of methoxy groups -OCH3 is 2. The lowest BCUT2D eigenvalue weighted by Gasteiger charge is -2.47. The van der Waals surface area contributed by atoms with E-state index >= 15 is 0 Å². The van der Waals surface area contributed by atoms with Crippen molar-refractivity contribution in [2.75, 3.05) is 34.2 Å². The van der Waals surface area contributed by atoms with Crippen LogP contribution >= 0.6 is 7.82 Å². The van der Waals surface area contributed by atoms with Crippen LogP contribution in [0.1, 0.15) is 41.1 Å². The van der Waals surface area contributed by atoms with E-state index in [-0.39, 0.29) is 53.1 Å². The maximum absolute atomic E-state index is 13.9. The Morgan fingerprint density at radius 1 is 0.978 bits per heavy atom. The van der Waals surface area contributed by atoms with Crippen LogP contribution in [0.25, 0.3) is 0 Å². The number of aliphatic hydroxyl groups is 2. The number of carbonyl (C=O) groups excluding carboxylic acids is 1. The minimum absolute atomic E-state index is 0.00459. The lowest BCUT2D eigenvalue weighted by Crippen LogP contribution is -2.63. The maximum Gasteiger partial charge on any atom is 0.525 e. The molecule has 3 fully saturated rings. The van der Waals surface area contributed by atoms with Crippen molar-refractivity contribution in [1.29, 1.82) is 0 Å². The molecule has 16 nitrogen and oxygen atoms in total. The Labute approximate surface area is 267 Å². The summed E-state index contributed by atoms with van der Waals surface area (Å²) < 4.78 is 104. The van der Waals surface area contributed by atoms with Crippen molar-refractivity contribution in [3.63, 3.8) is 0 Å². The minimum atomic E-state index is -5.18. The predicted molar refractivity (Wildman–Crippen MR) is 149 cm³/mol. The van der Waals surface area contributed by atoms with Gasteiger partial charge in [0, 0.05) is 14.6 Å². The molecule has 0 saturated carbocycles. The molecule has 2 aromatic carbocycles. The third kappa shape index (κ3) is 5.37. The van der Waals surface area contributed by atoms with Gasteiger partial charge >= 0.3 is 13.8 Å². The van der Waals surface area contributed by atoms with Crippen LogP contribution in [0, 0.1) is 11.8 Å². The zero-order chi connectivity index (χ0) is 36.1. The van der Waals surface area contributed by atoms with Crippen molar-refractivity contribution < 1.29 is 82.0 Å². The Balaban J connectivity index is 1.43. The van der Waals surface area contributed by atoms with Gasteiger partial charge in [0.2, 0.25) is 12.5 Å². The molecule has 7 rings (SSSR count). The van der Waals surface area contributed by atoms with Crippen molar-refractivity contribution in [3.05, 3.63) is 41.0 Å². The summed E-state index contributed by atoms with van der Waals surface area (Å²) in [4.78, 5) is 33.0. The van der Waals surface area contributed by atoms with Gasteiger partial charge in [0.15, 0.2) is 35.6 Å². The molecule has 0 spiro atoms. The lowest BCUT2D eigenvalue weighted by atomic mass is 9.66. The average Bonchev–Trinajstić information content (AvgIpc) is 3.59. The summed E-state index contributed by atoms with van der Waals surface area (Å²) in [7, 11) is -2.91. The number of phosphoric ester groups is 1. The van der Waals surface area contributed by atoms with E-state index < -0.39 is 86.9 Å². The van der Waals surface area contributed by atoms with Gasteiger partial charge < -0.3 is 57.4 Å². The molecule has 0 unspecified atom stereocenters. The number of rotatable bonds is 7. The lowest BCUT2D eigenvalue weighted by molar-refractivity contribution is -0.364. The number of benzene rings is 2. The molecule has 2 aromatic rings. The van der Waals surface area contributed by atoms with E-state index in [2.05, 4.69) is 0 Å². The molecule has 46 heavy (non-hydrogen) atoms. The fourth-order valence-electron chi connectivity index (χ4n) is 6.21. The number of fused-ring (bicyclic) bond motifs is 4. The molecule has 250 valence electrons. The zero-order valence-electron chi connectivity index (χ0n) is 28.5. The molecule has 17 heteroatoms. The van der Waals surface area contributed by atoms with E-state index in [1.165, 1.54) is 12.1 Å². The SMILES string of the molecule is [2H]C1([2H])OC(=O)[C@@]2([2H])[C@H]1[C@H](O[C@@H]1O[C@@H]3CO[C@@H](C)O[C@H]3[C@H](O)[C@H]1O)c1cc3c(cc1[C@@]2([2H])c1cc(OC)c(OP(=O)(O)O)c(OC)c1)OCO3. The fourth-order valence-corrected chi connectivity index (χ4v) is 6.63. The number of carbonyl (C=O) groups is 1. The highest BCUT2D eigenvalue weighted by Gasteiger charge is 2.56. The van der Waals surface area contributed by atoms with Crippen molar-refractivity contribution in [1.82, 2.24) is 0 Å². The van der Waals surface area contributed by atoms with Gasteiger partial charge in [-0.1, -0.05) is 0 Å². The molecule has 3 saturated heterocycles. The van der Waals surface area contributed by atoms with Gasteiger partial charge in [-0.3, -0.25) is 14.6 Å². The molecule has 10 atom stereocenters. The van der Waals surface area contributed by atoms with E-state index in [0.29, 0.717) is 0 Å². The molecule has 0 amide bonds. The van der Waals surface area contributed by atoms with Crippen molar-refractivity contribution in [3.8, 4) is 28.7 Å². The monoisotopic (exact) mass is 672 g/mol. The third-order valence-electron chi connectivity index (χ3n) is 8.23. The normalized spacial score (nSPS) is 40.2. The number of hydrogen-bond acceptors (Lipinski definition) is 14. The quantitative estimate of drug-likeness (QED) is 0.240. The Bertz CT molecular complexity index is 1730. The van der Waals surface area contributed by atoms with Crippen LogP contribution < -0.4 is 23.5 Å². The molecule has 4 N–H and O–H groups in total. The largest absolute Gasteiger partial charge is 0.525 e. The van der Waals surface area contributed by atoms with Crippen LogP contribution in [0.5, 0.6) is 28.7 Å². The maximum atomic E-state index is 13.9. The van der Waals surface area contributed by atoms with Crippen LogP contribution in [-0.2, 0) is 33.0 Å². The number of esters is 1. The highest BCUT2D eigenvalue weighted by molar-refractivity contribution is 7.46. The first-order chi connectivity index (χ1) is 23.4. The molecule has 0 radical (unpaired) electrons. The Hall–Kier alpha value is -3.18. The summed E-state index contributed by atoms with van der Waals surface area (Å²) in [6, 6.07) is 4.89. The summed E-state index contributed by atoms with van der Waals surface area (Å²) >= 11 is 0. The van der Waals surface area contributed by atoms with Crippen LogP contribution in [-0.4, -0.2) is 97.1 Å². The number of cyclic esters (lactones) is 1. The molecule has 4 heterocycles. The molecule has 1 aliphatic carbocycles. The van der Waals surface area contributed by atoms with E-state index in [9.17, 15) is 32.1 Å². The molecule has 0 aromatic heterocycles. The van der Waals surface area contributed by atoms with E-state index in [0.717, 1.165) is 26.4 Å². The second kappa shape index (κ2) is 11.8. The third-order valence-corrected chi connectivity index (χ3v) is 8.65. The van der Waals surface area contributed by atoms with Gasteiger partial charge in [-0.2, -0.15) is 0 Å². The molecular weight excluding hydrogens is 635 g/mol. The first kappa shape index (κ1) is 26.8. The average molecular weight is 673 g/mol. The minimum Gasteiger partial charge on any atom is -0.493 e. The fraction of sp³-hybridized carbons (Fsp3) is 0.552. The predicted octanol–water partition coefficient (Wildman–Crippen LogP) is 1.10. The second-order valence-corrected chi connectivity index (χ2v) is 12.1. The summed E-state index contributed by atoms with van der Waals surface area (Å²) in [5.74, 6) is -9.99. The summed E-state index contributed by atoms with van der Waals surface area (Å²) in [6.07, 6.45) is -9.31. The van der Waals surface area contributed by atoms with Crippen LogP contribution in [0.4, 0.5) is 0 Å².